The second kappa shape index (κ2) is 16.0. The van der Waals surface area contributed by atoms with Crippen LogP contribution < -0.4 is 14.4 Å². The molecule has 0 aliphatic carbocycles. The lowest BCUT2D eigenvalue weighted by molar-refractivity contribution is -0.141. The minimum atomic E-state index is -3.65. The van der Waals surface area contributed by atoms with E-state index in [0.717, 1.165) is 23.8 Å². The number of hydrogen-bond donors (Lipinski definition) is 1. The highest BCUT2D eigenvalue weighted by atomic mass is 32.2. The zero-order valence-corrected chi connectivity index (χ0v) is 25.8. The summed E-state index contributed by atoms with van der Waals surface area (Å²) >= 11 is 0. The highest BCUT2D eigenvalue weighted by Gasteiger charge is 2.31. The quantitative estimate of drug-likeness (QED) is 0.247. The van der Waals surface area contributed by atoms with E-state index in [1.165, 1.54) is 4.31 Å². The van der Waals surface area contributed by atoms with Crippen molar-refractivity contribution in [3.8, 4) is 5.75 Å². The molecule has 0 saturated carbocycles. The first-order valence-electron chi connectivity index (χ1n) is 14.5. The Balaban J connectivity index is 1.88. The summed E-state index contributed by atoms with van der Waals surface area (Å²) in [6.45, 7) is 6.53. The van der Waals surface area contributed by atoms with Gasteiger partial charge in [-0.2, -0.15) is 0 Å². The molecule has 0 radical (unpaired) electrons. The van der Waals surface area contributed by atoms with Crippen molar-refractivity contribution < 1.29 is 22.7 Å². The lowest BCUT2D eigenvalue weighted by atomic mass is 10.0. The van der Waals surface area contributed by atoms with E-state index in [1.807, 2.05) is 81.4 Å². The molecule has 0 unspecified atom stereocenters. The topological polar surface area (TPSA) is 96.0 Å². The maximum absolute atomic E-state index is 13.9. The van der Waals surface area contributed by atoms with E-state index in [2.05, 4.69) is 5.32 Å². The van der Waals surface area contributed by atoms with Gasteiger partial charge < -0.3 is 15.0 Å². The van der Waals surface area contributed by atoms with Gasteiger partial charge in [-0.25, -0.2) is 8.42 Å². The standard InChI is InChI=1S/C33H43N3O5S/c1-5-26(3)34-33(38)30(24-27-16-9-7-10-17-27)35(25-28-18-11-8-12-19-28)32(37)22-15-23-36(42(4,39)40)29-20-13-14-21-31(29)41-6-2/h7-14,16-21,26,30H,5-6,15,22-25H2,1-4H3,(H,34,38)/t26-,30-/m0/s1. The first kappa shape index (κ1) is 32.7. The molecular formula is C33H43N3O5S. The van der Waals surface area contributed by atoms with Crippen LogP contribution in [0.5, 0.6) is 5.75 Å². The molecule has 226 valence electrons. The van der Waals surface area contributed by atoms with Crippen LogP contribution in [0.4, 0.5) is 5.69 Å². The molecule has 0 aromatic heterocycles. The number of anilines is 1. The second-order valence-corrected chi connectivity index (χ2v) is 12.3. The van der Waals surface area contributed by atoms with Gasteiger partial charge in [0.1, 0.15) is 11.8 Å². The molecule has 2 amide bonds. The van der Waals surface area contributed by atoms with Gasteiger partial charge in [-0.1, -0.05) is 79.7 Å². The predicted octanol–water partition coefficient (Wildman–Crippen LogP) is 5.19. The Hall–Kier alpha value is -3.85. The summed E-state index contributed by atoms with van der Waals surface area (Å²) in [7, 11) is -3.65. The van der Waals surface area contributed by atoms with E-state index >= 15 is 0 Å². The molecule has 3 rings (SSSR count). The largest absolute Gasteiger partial charge is 0.492 e. The number of nitrogens with zero attached hydrogens (tertiary/aromatic N) is 2. The third-order valence-corrected chi connectivity index (χ3v) is 8.23. The third kappa shape index (κ3) is 9.62. The van der Waals surface area contributed by atoms with Crippen LogP contribution in [-0.4, -0.2) is 56.6 Å². The Labute approximate surface area is 250 Å². The van der Waals surface area contributed by atoms with Crippen LogP contribution >= 0.6 is 0 Å². The lowest BCUT2D eigenvalue weighted by Gasteiger charge is -2.32. The molecule has 1 N–H and O–H groups in total. The van der Waals surface area contributed by atoms with E-state index in [9.17, 15) is 18.0 Å². The predicted molar refractivity (Wildman–Crippen MR) is 168 cm³/mol. The maximum atomic E-state index is 13.9. The first-order valence-corrected chi connectivity index (χ1v) is 16.4. The van der Waals surface area contributed by atoms with Crippen LogP contribution in [0, 0.1) is 0 Å². The Morgan fingerprint density at radius 3 is 2.07 bits per heavy atom. The zero-order chi connectivity index (χ0) is 30.5. The van der Waals surface area contributed by atoms with Gasteiger partial charge in [0.2, 0.25) is 21.8 Å². The maximum Gasteiger partial charge on any atom is 0.243 e. The summed E-state index contributed by atoms with van der Waals surface area (Å²) in [6.07, 6.45) is 2.61. The van der Waals surface area contributed by atoms with Gasteiger partial charge >= 0.3 is 0 Å². The highest BCUT2D eigenvalue weighted by Crippen LogP contribution is 2.30. The number of para-hydroxylation sites is 2. The molecule has 9 heteroatoms. The van der Waals surface area contributed by atoms with Crippen molar-refractivity contribution in [1.29, 1.82) is 0 Å². The smallest absolute Gasteiger partial charge is 0.243 e. The Bertz CT molecular complexity index is 1380. The fourth-order valence-corrected chi connectivity index (χ4v) is 5.67. The first-order chi connectivity index (χ1) is 20.1. The number of rotatable bonds is 16. The molecule has 8 nitrogen and oxygen atoms in total. The highest BCUT2D eigenvalue weighted by molar-refractivity contribution is 7.92. The normalized spacial score (nSPS) is 12.7. The van der Waals surface area contributed by atoms with Crippen molar-refractivity contribution in [3.05, 3.63) is 96.1 Å². The van der Waals surface area contributed by atoms with Gasteiger partial charge in [0.05, 0.1) is 18.6 Å². The Morgan fingerprint density at radius 2 is 1.48 bits per heavy atom. The van der Waals surface area contributed by atoms with Crippen LogP contribution in [0.3, 0.4) is 0 Å². The Morgan fingerprint density at radius 1 is 0.881 bits per heavy atom. The van der Waals surface area contributed by atoms with Crippen molar-refractivity contribution in [3.63, 3.8) is 0 Å². The van der Waals surface area contributed by atoms with Gasteiger partial charge in [0, 0.05) is 32.0 Å². The summed E-state index contributed by atoms with van der Waals surface area (Å²) < 4.78 is 32.5. The number of carbonyl (C=O) groups is 2. The van der Waals surface area contributed by atoms with E-state index in [1.54, 1.807) is 29.2 Å². The number of amides is 2. The summed E-state index contributed by atoms with van der Waals surface area (Å²) in [6, 6.07) is 25.4. The van der Waals surface area contributed by atoms with Crippen LogP contribution in [0.15, 0.2) is 84.9 Å². The molecule has 0 aliphatic heterocycles. The van der Waals surface area contributed by atoms with Gasteiger partial charge in [-0.05, 0) is 49.9 Å². The van der Waals surface area contributed by atoms with E-state index < -0.39 is 16.1 Å². The van der Waals surface area contributed by atoms with Crippen LogP contribution in [0.1, 0.15) is 51.2 Å². The molecular weight excluding hydrogens is 550 g/mol. The summed E-state index contributed by atoms with van der Waals surface area (Å²) in [5.41, 5.74) is 2.29. The molecule has 0 fully saturated rings. The zero-order valence-electron chi connectivity index (χ0n) is 25.0. The van der Waals surface area contributed by atoms with E-state index in [0.29, 0.717) is 24.5 Å². The SMILES string of the molecule is CCOc1ccccc1N(CCCC(=O)N(Cc1ccccc1)[C@@H](Cc1ccccc1)C(=O)N[C@@H](C)CC)S(C)(=O)=O. The Kier molecular flexibility index (Phi) is 12.4. The van der Waals surface area contributed by atoms with Crippen molar-refractivity contribution >= 4 is 27.5 Å². The molecule has 42 heavy (non-hydrogen) atoms. The van der Waals surface area contributed by atoms with Crippen molar-refractivity contribution in [1.82, 2.24) is 10.2 Å². The third-order valence-electron chi connectivity index (χ3n) is 7.05. The fraction of sp³-hybridized carbons (Fsp3) is 0.394. The minimum absolute atomic E-state index is 0.0434. The van der Waals surface area contributed by atoms with Gasteiger partial charge in [0.15, 0.2) is 0 Å². The molecule has 0 saturated heterocycles. The van der Waals surface area contributed by atoms with Crippen LogP contribution in [0.25, 0.3) is 0 Å². The molecule has 0 spiro atoms. The average molecular weight is 594 g/mol. The number of ether oxygens (including phenoxy) is 1. The molecule has 0 bridgehead atoms. The lowest BCUT2D eigenvalue weighted by Crippen LogP contribution is -2.52. The average Bonchev–Trinajstić information content (AvgIpc) is 2.98. The fourth-order valence-electron chi connectivity index (χ4n) is 4.70. The molecule has 0 heterocycles. The van der Waals surface area contributed by atoms with Crippen molar-refractivity contribution in [2.75, 3.05) is 23.7 Å². The van der Waals surface area contributed by atoms with Gasteiger partial charge in [0.25, 0.3) is 0 Å². The van der Waals surface area contributed by atoms with Crippen LogP contribution in [-0.2, 0) is 32.6 Å². The summed E-state index contributed by atoms with van der Waals surface area (Å²) in [4.78, 5) is 29.2. The van der Waals surface area contributed by atoms with Crippen molar-refractivity contribution in [2.24, 2.45) is 0 Å². The van der Waals surface area contributed by atoms with E-state index in [-0.39, 0.29) is 43.8 Å². The molecule has 3 aromatic rings. The van der Waals surface area contributed by atoms with E-state index in [4.69, 9.17) is 4.74 Å². The summed E-state index contributed by atoms with van der Waals surface area (Å²) in [5.74, 6) is 0.0404. The number of nitrogens with one attached hydrogen (secondary N) is 1. The summed E-state index contributed by atoms with van der Waals surface area (Å²) in [5, 5.41) is 3.07. The van der Waals surface area contributed by atoms with Gasteiger partial charge in [-0.15, -0.1) is 0 Å². The molecule has 0 aliphatic rings. The number of benzene rings is 3. The second-order valence-electron chi connectivity index (χ2n) is 10.4. The van der Waals surface area contributed by atoms with Gasteiger partial charge in [-0.3, -0.25) is 13.9 Å². The van der Waals surface area contributed by atoms with Crippen molar-refractivity contribution in [2.45, 2.75) is 65.1 Å². The number of hydrogen-bond acceptors (Lipinski definition) is 5. The molecule has 3 aromatic carbocycles. The van der Waals surface area contributed by atoms with Crippen LogP contribution in [0.2, 0.25) is 0 Å². The monoisotopic (exact) mass is 593 g/mol. The molecule has 2 atom stereocenters. The number of carbonyl (C=O) groups excluding carboxylic acids is 2. The minimum Gasteiger partial charge on any atom is -0.492 e. The number of sulfonamides is 1.